The van der Waals surface area contributed by atoms with Crippen LogP contribution in [-0.2, 0) is 19.0 Å². The molecule has 2 unspecified atom stereocenters. The van der Waals surface area contributed by atoms with Gasteiger partial charge >= 0.3 is 5.97 Å². The van der Waals surface area contributed by atoms with Crippen LogP contribution in [0.25, 0.3) is 20.9 Å². The summed E-state index contributed by atoms with van der Waals surface area (Å²) in [5.74, 6) is -1.75. The zero-order valence-corrected chi connectivity index (χ0v) is 14.7. The molecule has 1 rings (SSSR count). The summed E-state index contributed by atoms with van der Waals surface area (Å²) in [6, 6.07) is -1.66. The van der Waals surface area contributed by atoms with Crippen molar-refractivity contribution >= 4 is 46.7 Å². The van der Waals surface area contributed by atoms with Crippen LogP contribution >= 0.6 is 34.8 Å². The summed E-state index contributed by atoms with van der Waals surface area (Å²) in [6.45, 7) is 0.597. The van der Waals surface area contributed by atoms with Gasteiger partial charge in [-0.25, -0.2) is 4.39 Å². The van der Waals surface area contributed by atoms with E-state index in [4.69, 9.17) is 65.5 Å². The highest BCUT2D eigenvalue weighted by Gasteiger charge is 2.50. The van der Waals surface area contributed by atoms with Crippen LogP contribution in [0.4, 0.5) is 4.39 Å². The third kappa shape index (κ3) is 5.96. The smallest absolute Gasteiger partial charge is 0.303 e. The van der Waals surface area contributed by atoms with Crippen molar-refractivity contribution in [3.8, 4) is 0 Å². The largest absolute Gasteiger partial charge is 0.457 e. The first-order chi connectivity index (χ1) is 11.6. The Morgan fingerprint density at radius 3 is 2.48 bits per heavy atom. The molecule has 11 nitrogen and oxygen atoms in total. The quantitative estimate of drug-likeness (QED) is 0.137. The van der Waals surface area contributed by atoms with Crippen molar-refractivity contribution in [2.45, 2.75) is 41.4 Å². The lowest BCUT2D eigenvalue weighted by atomic mass is 9.98. The maximum Gasteiger partial charge on any atom is 0.303 e. The fraction of sp³-hybridized carbons (Fsp3) is 0.800. The topological polar surface area (TPSA) is 166 Å². The van der Waals surface area contributed by atoms with Gasteiger partial charge in [0.15, 0.2) is 12.3 Å². The number of esters is 1. The number of nitrogens with one attached hydrogen (secondary N) is 1. The number of ether oxygens (including phenoxy) is 3. The minimum Gasteiger partial charge on any atom is -0.457 e. The molecule has 0 radical (unpaired) electrons. The fourth-order valence-electron chi connectivity index (χ4n) is 1.93. The Balaban J connectivity index is 3.14. The zero-order valence-electron chi connectivity index (χ0n) is 12.4. The van der Waals surface area contributed by atoms with E-state index in [1.165, 1.54) is 0 Å². The lowest BCUT2D eigenvalue weighted by Gasteiger charge is -2.41. The Bertz CT molecular complexity index is 618. The molecule has 138 valence electrons. The van der Waals surface area contributed by atoms with Gasteiger partial charge in [-0.15, -0.1) is 0 Å². The molecule has 1 aliphatic rings. The average molecular weight is 419 g/mol. The van der Waals surface area contributed by atoms with E-state index in [1.54, 1.807) is 0 Å². The van der Waals surface area contributed by atoms with Gasteiger partial charge in [-0.2, -0.15) is 0 Å². The van der Waals surface area contributed by atoms with Crippen molar-refractivity contribution in [3.05, 3.63) is 20.9 Å². The van der Waals surface area contributed by atoms with Gasteiger partial charge in [0.2, 0.25) is 12.2 Å². The Labute approximate surface area is 155 Å². The molecule has 1 saturated heterocycles. The maximum absolute atomic E-state index is 14.7. The summed E-state index contributed by atoms with van der Waals surface area (Å²) in [4.78, 5) is 16.1. The highest BCUT2D eigenvalue weighted by molar-refractivity contribution is 6.76. The van der Waals surface area contributed by atoms with Crippen LogP contribution in [-0.4, -0.2) is 52.9 Å². The zero-order chi connectivity index (χ0) is 19.2. The van der Waals surface area contributed by atoms with E-state index < -0.39 is 52.9 Å². The molecule has 0 aliphatic carbocycles. The molecule has 15 heteroatoms. The molecule has 0 spiro atoms. The second kappa shape index (κ2) is 9.14. The number of hydrogen-bond donors (Lipinski definition) is 1. The van der Waals surface area contributed by atoms with Crippen molar-refractivity contribution in [1.82, 2.24) is 0 Å². The van der Waals surface area contributed by atoms with Gasteiger partial charge in [-0.3, -0.25) is 10.2 Å². The molecule has 0 amide bonds. The van der Waals surface area contributed by atoms with Crippen molar-refractivity contribution < 1.29 is 23.4 Å². The number of azide groups is 2. The number of halogens is 4. The van der Waals surface area contributed by atoms with Crippen LogP contribution in [0.1, 0.15) is 6.92 Å². The van der Waals surface area contributed by atoms with Gasteiger partial charge in [0.25, 0.3) is 3.79 Å². The lowest BCUT2D eigenvalue weighted by Crippen LogP contribution is -2.58. The molecule has 0 aromatic carbocycles. The Kier molecular flexibility index (Phi) is 7.81. The van der Waals surface area contributed by atoms with Crippen LogP contribution in [0.15, 0.2) is 10.2 Å². The van der Waals surface area contributed by atoms with Crippen LogP contribution < -0.4 is 0 Å². The lowest BCUT2D eigenvalue weighted by molar-refractivity contribution is -0.229. The number of nitrogens with zero attached hydrogens (tertiary/aromatic N) is 6. The molecule has 1 N–H and O–H groups in total. The SMILES string of the molecule is CC(=O)O[C@@H]1[C@@H](CN=[N+]=[N-])OC(OC(=N)C(Cl)(Cl)Cl)C(N=[N+]=[N-])[C@@H]1F. The molecule has 0 saturated carbocycles. The fourth-order valence-corrected chi connectivity index (χ4v) is 2.07. The summed E-state index contributed by atoms with van der Waals surface area (Å²) in [5.41, 5.74) is 17.0. The van der Waals surface area contributed by atoms with Gasteiger partial charge in [-0.05, 0) is 11.1 Å². The minimum atomic E-state index is -2.27. The molecular weight excluding hydrogens is 408 g/mol. The molecule has 1 aliphatic heterocycles. The van der Waals surface area contributed by atoms with Crippen molar-refractivity contribution in [1.29, 1.82) is 5.41 Å². The number of carbonyl (C=O) groups excluding carboxylic acids is 1. The summed E-state index contributed by atoms with van der Waals surface area (Å²) >= 11 is 16.4. The van der Waals surface area contributed by atoms with Crippen molar-refractivity contribution in [2.75, 3.05) is 6.54 Å². The summed E-state index contributed by atoms with van der Waals surface area (Å²) in [5, 5.41) is 13.9. The standard InChI is InChI=1S/C10H11Cl3FN7O4/c1-3(22)23-7-4(2-18-20-16)24-8(6(5(7)14)19-21-17)25-9(15)10(11,12)13/h4-8,15H,2H2,1H3/t4-,5+,6?,7-,8?/m1/s1. The Hall–Kier alpha value is -1.68. The van der Waals surface area contributed by atoms with Gasteiger partial charge in [-0.1, -0.05) is 45.0 Å². The Morgan fingerprint density at radius 1 is 1.36 bits per heavy atom. The molecule has 0 bridgehead atoms. The molecule has 25 heavy (non-hydrogen) atoms. The molecule has 5 atom stereocenters. The monoisotopic (exact) mass is 417 g/mol. The van der Waals surface area contributed by atoms with Crippen molar-refractivity contribution in [3.63, 3.8) is 0 Å². The van der Waals surface area contributed by atoms with E-state index in [1.807, 2.05) is 0 Å². The number of alkyl halides is 4. The average Bonchev–Trinajstić information content (AvgIpc) is 2.50. The van der Waals surface area contributed by atoms with Crippen LogP contribution in [0, 0.1) is 5.41 Å². The van der Waals surface area contributed by atoms with Gasteiger partial charge < -0.3 is 14.2 Å². The summed E-state index contributed by atoms with van der Waals surface area (Å²) in [7, 11) is 0. The van der Waals surface area contributed by atoms with Crippen LogP contribution in [0.5, 0.6) is 0 Å². The van der Waals surface area contributed by atoms with E-state index in [0.717, 1.165) is 6.92 Å². The summed E-state index contributed by atoms with van der Waals surface area (Å²) in [6.07, 6.45) is -6.60. The van der Waals surface area contributed by atoms with E-state index in [9.17, 15) is 9.18 Å². The third-order valence-electron chi connectivity index (χ3n) is 2.90. The predicted molar refractivity (Wildman–Crippen MR) is 85.2 cm³/mol. The minimum absolute atomic E-state index is 0.432. The Morgan fingerprint density at radius 2 is 2.00 bits per heavy atom. The summed E-state index contributed by atoms with van der Waals surface area (Å²) < 4.78 is 27.5. The first-order valence-electron chi connectivity index (χ1n) is 6.46. The van der Waals surface area contributed by atoms with Gasteiger partial charge in [0, 0.05) is 16.7 Å². The van der Waals surface area contributed by atoms with E-state index in [-0.39, 0.29) is 0 Å². The number of rotatable bonds is 5. The third-order valence-corrected chi connectivity index (χ3v) is 3.41. The molecule has 1 heterocycles. The predicted octanol–water partition coefficient (Wildman–Crippen LogP) is 3.33. The second-order valence-electron chi connectivity index (χ2n) is 4.62. The van der Waals surface area contributed by atoms with E-state index >= 15 is 0 Å². The van der Waals surface area contributed by atoms with Gasteiger partial charge in [0.05, 0.1) is 6.54 Å². The van der Waals surface area contributed by atoms with Crippen LogP contribution in [0.3, 0.4) is 0 Å². The highest BCUT2D eigenvalue weighted by atomic mass is 35.6. The van der Waals surface area contributed by atoms with Crippen LogP contribution in [0.2, 0.25) is 0 Å². The number of hydrogen-bond acceptors (Lipinski definition) is 7. The maximum atomic E-state index is 14.7. The highest BCUT2D eigenvalue weighted by Crippen LogP contribution is 2.33. The van der Waals surface area contributed by atoms with Crippen molar-refractivity contribution in [2.24, 2.45) is 10.2 Å². The first-order valence-corrected chi connectivity index (χ1v) is 7.59. The number of carbonyl (C=O) groups is 1. The normalized spacial score (nSPS) is 28.9. The molecular formula is C10H11Cl3FN7O4. The molecule has 1 fully saturated rings. The molecule has 0 aromatic rings. The van der Waals surface area contributed by atoms with Gasteiger partial charge in [0.1, 0.15) is 12.1 Å². The van der Waals surface area contributed by atoms with E-state index in [2.05, 4.69) is 20.1 Å². The first kappa shape index (κ1) is 21.4. The second-order valence-corrected chi connectivity index (χ2v) is 6.90. The molecule has 0 aromatic heterocycles. The van der Waals surface area contributed by atoms with E-state index in [0.29, 0.717) is 0 Å².